The maximum atomic E-state index is 12.7. The van der Waals surface area contributed by atoms with Gasteiger partial charge in [-0.15, -0.1) is 16.1 Å². The van der Waals surface area contributed by atoms with E-state index in [1.807, 2.05) is 31.4 Å². The molecule has 1 unspecified atom stereocenters. The predicted molar refractivity (Wildman–Crippen MR) is 129 cm³/mol. The first kappa shape index (κ1) is 24.2. The van der Waals surface area contributed by atoms with Crippen molar-refractivity contribution in [3.63, 3.8) is 0 Å². The summed E-state index contributed by atoms with van der Waals surface area (Å²) in [4.78, 5) is 34.3. The number of amides is 1. The van der Waals surface area contributed by atoms with E-state index in [2.05, 4.69) is 44.3 Å². The largest absolute Gasteiger partial charge is 0.612 e. The average molecular weight is 469 g/mol. The molecule has 0 fully saturated rings. The van der Waals surface area contributed by atoms with E-state index in [1.165, 1.54) is 11.9 Å². The lowest BCUT2D eigenvalue weighted by molar-refractivity contribution is -0.156. The smallest absolute Gasteiger partial charge is 0.248 e. The SMILES string of the molecule is CC(C)C[C@H](N=[P+]([O-])Cc1cccs1)C(=O)NCCCc1ccc(-c2cncnc2)cc1. The van der Waals surface area contributed by atoms with E-state index in [0.717, 1.165) is 28.8 Å². The number of rotatable bonds is 11. The maximum Gasteiger partial charge on any atom is 0.248 e. The van der Waals surface area contributed by atoms with E-state index in [4.69, 9.17) is 0 Å². The van der Waals surface area contributed by atoms with Crippen LogP contribution in [0.4, 0.5) is 0 Å². The number of hydrogen-bond acceptors (Lipinski definition) is 6. The van der Waals surface area contributed by atoms with Gasteiger partial charge in [-0.05, 0) is 47.8 Å². The summed E-state index contributed by atoms with van der Waals surface area (Å²) in [5.41, 5.74) is 3.28. The molecule has 8 heteroatoms. The van der Waals surface area contributed by atoms with E-state index >= 15 is 0 Å². The molecule has 6 nitrogen and oxygen atoms in total. The zero-order valence-corrected chi connectivity index (χ0v) is 20.2. The monoisotopic (exact) mass is 468 g/mol. The molecule has 2 atom stereocenters. The molecule has 0 aliphatic carbocycles. The van der Waals surface area contributed by atoms with Gasteiger partial charge in [-0.2, -0.15) is 0 Å². The van der Waals surface area contributed by atoms with Crippen LogP contribution in [0.1, 0.15) is 37.1 Å². The van der Waals surface area contributed by atoms with Crippen molar-refractivity contribution >= 4 is 25.2 Å². The molecule has 168 valence electrons. The molecule has 2 aromatic heterocycles. The van der Waals surface area contributed by atoms with Gasteiger partial charge in [0.05, 0.1) is 4.88 Å². The van der Waals surface area contributed by atoms with Crippen LogP contribution in [0.5, 0.6) is 0 Å². The lowest BCUT2D eigenvalue weighted by Gasteiger charge is -2.13. The molecule has 1 N–H and O–H groups in total. The van der Waals surface area contributed by atoms with Crippen molar-refractivity contribution in [2.45, 2.75) is 45.3 Å². The minimum absolute atomic E-state index is 0.132. The van der Waals surface area contributed by atoms with Crippen LogP contribution >= 0.6 is 19.3 Å². The van der Waals surface area contributed by atoms with Gasteiger partial charge in [-0.3, -0.25) is 4.79 Å². The summed E-state index contributed by atoms with van der Waals surface area (Å²) >= 11 is 1.56. The number of aryl methyl sites for hydroxylation is 1. The Morgan fingerprint density at radius 1 is 1.16 bits per heavy atom. The van der Waals surface area contributed by atoms with Crippen LogP contribution in [0.25, 0.3) is 11.1 Å². The fourth-order valence-electron chi connectivity index (χ4n) is 3.32. The van der Waals surface area contributed by atoms with Crippen molar-refractivity contribution in [2.24, 2.45) is 10.7 Å². The molecule has 3 rings (SSSR count). The Morgan fingerprint density at radius 3 is 2.56 bits per heavy atom. The van der Waals surface area contributed by atoms with Crippen molar-refractivity contribution in [1.29, 1.82) is 0 Å². The lowest BCUT2D eigenvalue weighted by Crippen LogP contribution is -2.35. The van der Waals surface area contributed by atoms with Crippen LogP contribution in [0.15, 0.2) is 65.2 Å². The van der Waals surface area contributed by atoms with Gasteiger partial charge in [0.2, 0.25) is 5.91 Å². The Bertz CT molecular complexity index is 993. The van der Waals surface area contributed by atoms with Gasteiger partial charge in [0.15, 0.2) is 20.1 Å². The lowest BCUT2D eigenvalue weighted by atomic mass is 10.0. The van der Waals surface area contributed by atoms with Gasteiger partial charge in [0, 0.05) is 24.5 Å². The third-order valence-electron chi connectivity index (χ3n) is 4.93. The summed E-state index contributed by atoms with van der Waals surface area (Å²) in [7, 11) is -1.80. The van der Waals surface area contributed by atoms with Crippen LogP contribution in [0.2, 0.25) is 0 Å². The number of benzene rings is 1. The molecule has 3 aromatic rings. The zero-order valence-electron chi connectivity index (χ0n) is 18.5. The Morgan fingerprint density at radius 2 is 1.91 bits per heavy atom. The second kappa shape index (κ2) is 12.5. The molecule has 1 aromatic carbocycles. The average Bonchev–Trinajstić information content (AvgIpc) is 3.29. The molecule has 32 heavy (non-hydrogen) atoms. The highest BCUT2D eigenvalue weighted by molar-refractivity contribution is 7.39. The van der Waals surface area contributed by atoms with Gasteiger partial charge in [-0.1, -0.05) is 44.2 Å². The van der Waals surface area contributed by atoms with Crippen LogP contribution in [-0.4, -0.2) is 28.5 Å². The second-order valence-electron chi connectivity index (χ2n) is 8.07. The maximum absolute atomic E-state index is 12.7. The highest BCUT2D eigenvalue weighted by atomic mass is 32.1. The molecule has 0 radical (unpaired) electrons. The van der Waals surface area contributed by atoms with Gasteiger partial charge < -0.3 is 10.2 Å². The minimum atomic E-state index is -1.80. The van der Waals surface area contributed by atoms with E-state index in [-0.39, 0.29) is 5.91 Å². The normalized spacial score (nSPS) is 12.7. The summed E-state index contributed by atoms with van der Waals surface area (Å²) in [6.45, 7) is 4.67. The van der Waals surface area contributed by atoms with Crippen molar-refractivity contribution in [3.8, 4) is 11.1 Å². The van der Waals surface area contributed by atoms with Crippen LogP contribution in [0.3, 0.4) is 0 Å². The minimum Gasteiger partial charge on any atom is -0.612 e. The highest BCUT2D eigenvalue weighted by Gasteiger charge is 2.22. The van der Waals surface area contributed by atoms with Crippen LogP contribution < -0.4 is 10.2 Å². The summed E-state index contributed by atoms with van der Waals surface area (Å²) in [5, 5.41) is 4.94. The summed E-state index contributed by atoms with van der Waals surface area (Å²) in [5.74, 6) is 0.167. The number of nitrogens with one attached hydrogen (secondary N) is 1. The highest BCUT2D eigenvalue weighted by Crippen LogP contribution is 2.27. The number of aromatic nitrogens is 2. The van der Waals surface area contributed by atoms with Gasteiger partial charge in [0.25, 0.3) is 0 Å². The standard InChI is InChI=1S/C24H29N4O2PS/c1-18(2)13-23(28-31(30)16-22-6-4-12-32-22)24(29)27-11-3-5-19-7-9-20(10-8-19)21-14-25-17-26-15-21/h4,6-10,12,14-15,17-18,23H,3,5,11,13,16H2,1-2H3,(H,27,29)/t23-/m0/s1. The number of thiophene rings is 1. The Balaban J connectivity index is 1.48. The zero-order chi connectivity index (χ0) is 22.8. The molecular weight excluding hydrogens is 439 g/mol. The fraction of sp³-hybridized carbons (Fsp3) is 0.375. The molecule has 0 saturated heterocycles. The molecule has 0 aliphatic heterocycles. The molecule has 0 bridgehead atoms. The quantitative estimate of drug-likeness (QED) is 0.323. The van der Waals surface area contributed by atoms with Gasteiger partial charge in [0.1, 0.15) is 6.33 Å². The van der Waals surface area contributed by atoms with Crippen LogP contribution in [-0.2, 0) is 17.4 Å². The van der Waals surface area contributed by atoms with Crippen molar-refractivity contribution in [3.05, 3.63) is 70.9 Å². The summed E-state index contributed by atoms with van der Waals surface area (Å²) < 4.78 is 4.36. The van der Waals surface area contributed by atoms with Gasteiger partial charge in [-0.25, -0.2) is 9.97 Å². The number of nitrogens with zero attached hydrogens (tertiary/aromatic N) is 3. The first-order valence-corrected chi connectivity index (χ1v) is 13.1. The predicted octanol–water partition coefficient (Wildman–Crippen LogP) is 4.81. The molecule has 0 aliphatic rings. The van der Waals surface area contributed by atoms with E-state index in [1.54, 1.807) is 23.7 Å². The van der Waals surface area contributed by atoms with Crippen LogP contribution in [0, 0.1) is 5.92 Å². The summed E-state index contributed by atoms with van der Waals surface area (Å²) in [6.07, 6.45) is 7.81. The van der Waals surface area contributed by atoms with Crippen molar-refractivity contribution < 1.29 is 9.69 Å². The third-order valence-corrected chi connectivity index (χ3v) is 7.16. The third kappa shape index (κ3) is 7.90. The fourth-order valence-corrected chi connectivity index (χ4v) is 5.40. The second-order valence-corrected chi connectivity index (χ2v) is 10.4. The number of carbonyl (C=O) groups is 1. The van der Waals surface area contributed by atoms with E-state index in [0.29, 0.717) is 25.0 Å². The number of carbonyl (C=O) groups excluding carboxylic acids is 1. The molecule has 1 amide bonds. The van der Waals surface area contributed by atoms with E-state index < -0.39 is 14.0 Å². The first-order valence-electron chi connectivity index (χ1n) is 10.8. The molecule has 0 spiro atoms. The Kier molecular flexibility index (Phi) is 9.47. The van der Waals surface area contributed by atoms with Crippen molar-refractivity contribution in [2.75, 3.05) is 6.54 Å². The van der Waals surface area contributed by atoms with Crippen molar-refractivity contribution in [1.82, 2.24) is 15.3 Å². The molecule has 2 heterocycles. The summed E-state index contributed by atoms with van der Waals surface area (Å²) in [6, 6.07) is 11.6. The number of hydrogen-bond donors (Lipinski definition) is 1. The van der Waals surface area contributed by atoms with E-state index in [9.17, 15) is 9.69 Å². The van der Waals surface area contributed by atoms with Gasteiger partial charge >= 0.3 is 0 Å². The molecular formula is C24H29N4O2PS. The molecule has 0 saturated carbocycles. The first-order chi connectivity index (χ1) is 15.5. The topological polar surface area (TPSA) is 90.3 Å². The Hall–Kier alpha value is -2.47. The Labute approximate surface area is 194 Å².